The molecule has 0 radical (unpaired) electrons. The van der Waals surface area contributed by atoms with E-state index in [2.05, 4.69) is 4.98 Å². The maximum Gasteiger partial charge on any atom is 0.145 e. The van der Waals surface area contributed by atoms with E-state index >= 15 is 0 Å². The minimum atomic E-state index is 0.215. The van der Waals surface area contributed by atoms with Gasteiger partial charge in [0.25, 0.3) is 0 Å². The summed E-state index contributed by atoms with van der Waals surface area (Å²) in [7, 11) is 0. The van der Waals surface area contributed by atoms with Gasteiger partial charge in [0.15, 0.2) is 0 Å². The summed E-state index contributed by atoms with van der Waals surface area (Å²) in [4.78, 5) is 4.30. The van der Waals surface area contributed by atoms with Crippen LogP contribution in [0, 0.1) is 0 Å². The number of benzene rings is 2. The first-order chi connectivity index (χ1) is 10.3. The predicted molar refractivity (Wildman–Crippen MR) is 85.0 cm³/mol. The van der Waals surface area contributed by atoms with Crippen molar-refractivity contribution in [2.45, 2.75) is 6.42 Å². The summed E-state index contributed by atoms with van der Waals surface area (Å²) in [5, 5.41) is 10.5. The van der Waals surface area contributed by atoms with Crippen LogP contribution in [0.1, 0.15) is 11.3 Å². The van der Waals surface area contributed by atoms with Crippen molar-refractivity contribution in [3.8, 4) is 16.9 Å². The van der Waals surface area contributed by atoms with Crippen LogP contribution in [0.4, 0.5) is 5.69 Å². The summed E-state index contributed by atoms with van der Waals surface area (Å²) < 4.78 is 0. The second kappa shape index (κ2) is 5.67. The van der Waals surface area contributed by atoms with Crippen LogP contribution in [0.25, 0.3) is 11.1 Å². The van der Waals surface area contributed by atoms with Crippen molar-refractivity contribution >= 4 is 5.69 Å². The fraction of sp³-hybridized carbons (Fsp3) is 0.0556. The molecule has 0 bridgehead atoms. The van der Waals surface area contributed by atoms with E-state index in [9.17, 15) is 5.11 Å². The Balaban J connectivity index is 2.00. The number of aromatic hydroxyl groups is 1. The Morgan fingerprint density at radius 2 is 1.62 bits per heavy atom. The SMILES string of the molecule is Nc1ccccc1Cc1nccc(-c2ccccc2)c1O. The maximum atomic E-state index is 10.5. The highest BCUT2D eigenvalue weighted by molar-refractivity contribution is 5.71. The lowest BCUT2D eigenvalue weighted by molar-refractivity contribution is 0.468. The van der Waals surface area contributed by atoms with Gasteiger partial charge in [-0.25, -0.2) is 0 Å². The Morgan fingerprint density at radius 1 is 0.905 bits per heavy atom. The predicted octanol–water partition coefficient (Wildman–Crippen LogP) is 3.63. The van der Waals surface area contributed by atoms with Crippen molar-refractivity contribution in [1.82, 2.24) is 4.98 Å². The minimum Gasteiger partial charge on any atom is -0.505 e. The number of anilines is 1. The molecule has 0 atom stereocenters. The standard InChI is InChI=1S/C18H16N2O/c19-16-9-5-4-8-14(16)12-17-18(21)15(10-11-20-17)13-6-2-1-3-7-13/h1-11,21H,12,19H2. The van der Waals surface area contributed by atoms with Crippen LogP contribution in [0.3, 0.4) is 0 Å². The maximum absolute atomic E-state index is 10.5. The number of pyridine rings is 1. The van der Waals surface area contributed by atoms with Gasteiger partial charge in [-0.05, 0) is 23.3 Å². The molecule has 0 aliphatic heterocycles. The van der Waals surface area contributed by atoms with Gasteiger partial charge in [-0.3, -0.25) is 4.98 Å². The van der Waals surface area contributed by atoms with Crippen molar-refractivity contribution in [2.75, 3.05) is 5.73 Å². The van der Waals surface area contributed by atoms with Crippen LogP contribution >= 0.6 is 0 Å². The molecule has 0 fully saturated rings. The number of rotatable bonds is 3. The van der Waals surface area contributed by atoms with Crippen molar-refractivity contribution in [1.29, 1.82) is 0 Å². The topological polar surface area (TPSA) is 59.1 Å². The Hall–Kier alpha value is -2.81. The van der Waals surface area contributed by atoms with E-state index in [1.807, 2.05) is 60.7 Å². The zero-order valence-corrected chi connectivity index (χ0v) is 11.5. The molecule has 104 valence electrons. The van der Waals surface area contributed by atoms with E-state index in [0.29, 0.717) is 17.8 Å². The van der Waals surface area contributed by atoms with Gasteiger partial charge in [0.05, 0.1) is 5.69 Å². The lowest BCUT2D eigenvalue weighted by Crippen LogP contribution is -1.98. The first-order valence-corrected chi connectivity index (χ1v) is 6.81. The van der Waals surface area contributed by atoms with Gasteiger partial charge in [-0.1, -0.05) is 48.5 Å². The lowest BCUT2D eigenvalue weighted by atomic mass is 10.0. The Kier molecular flexibility index (Phi) is 3.56. The Labute approximate surface area is 123 Å². The lowest BCUT2D eigenvalue weighted by Gasteiger charge is -2.10. The highest BCUT2D eigenvalue weighted by Gasteiger charge is 2.11. The molecular weight excluding hydrogens is 260 g/mol. The summed E-state index contributed by atoms with van der Waals surface area (Å²) in [6, 6.07) is 19.2. The smallest absolute Gasteiger partial charge is 0.145 e. The molecule has 0 unspecified atom stereocenters. The van der Waals surface area contributed by atoms with E-state index in [1.54, 1.807) is 6.20 Å². The highest BCUT2D eigenvalue weighted by atomic mass is 16.3. The second-order valence-corrected chi connectivity index (χ2v) is 4.90. The number of nitrogens with zero attached hydrogens (tertiary/aromatic N) is 1. The quantitative estimate of drug-likeness (QED) is 0.718. The zero-order valence-electron chi connectivity index (χ0n) is 11.5. The number of nitrogen functional groups attached to an aromatic ring is 1. The third-order valence-electron chi connectivity index (χ3n) is 3.50. The van der Waals surface area contributed by atoms with Crippen LogP contribution < -0.4 is 5.73 Å². The summed E-state index contributed by atoms with van der Waals surface area (Å²) >= 11 is 0. The first kappa shape index (κ1) is 13.2. The molecule has 2 aromatic carbocycles. The average molecular weight is 276 g/mol. The van der Waals surface area contributed by atoms with Crippen molar-refractivity contribution in [3.05, 3.63) is 78.1 Å². The number of nitrogens with two attached hydrogens (primary N) is 1. The summed E-state index contributed by atoms with van der Waals surface area (Å²) in [5.74, 6) is 0.215. The summed E-state index contributed by atoms with van der Waals surface area (Å²) in [5.41, 5.74) is 10.0. The molecule has 0 aliphatic rings. The molecule has 3 N–H and O–H groups in total. The van der Waals surface area contributed by atoms with Gasteiger partial charge in [0.1, 0.15) is 5.75 Å². The van der Waals surface area contributed by atoms with Crippen LogP contribution in [0.15, 0.2) is 66.9 Å². The molecule has 0 saturated heterocycles. The van der Waals surface area contributed by atoms with Gasteiger partial charge in [-0.15, -0.1) is 0 Å². The number of para-hydroxylation sites is 1. The van der Waals surface area contributed by atoms with Crippen LogP contribution in [0.5, 0.6) is 5.75 Å². The van der Waals surface area contributed by atoms with E-state index in [-0.39, 0.29) is 5.75 Å². The third kappa shape index (κ3) is 2.72. The Bertz CT molecular complexity index is 754. The van der Waals surface area contributed by atoms with Gasteiger partial charge in [-0.2, -0.15) is 0 Å². The number of aromatic nitrogens is 1. The van der Waals surface area contributed by atoms with E-state index < -0.39 is 0 Å². The van der Waals surface area contributed by atoms with Gasteiger partial charge in [0, 0.05) is 23.9 Å². The summed E-state index contributed by atoms with van der Waals surface area (Å²) in [6.07, 6.45) is 2.23. The normalized spacial score (nSPS) is 10.5. The molecule has 3 rings (SSSR count). The molecule has 0 aliphatic carbocycles. The molecular formula is C18H16N2O. The Morgan fingerprint density at radius 3 is 2.38 bits per heavy atom. The molecule has 0 spiro atoms. The number of hydrogen-bond acceptors (Lipinski definition) is 3. The number of hydrogen-bond donors (Lipinski definition) is 2. The van der Waals surface area contributed by atoms with Gasteiger partial charge in [0.2, 0.25) is 0 Å². The molecule has 3 aromatic rings. The molecule has 1 aromatic heterocycles. The first-order valence-electron chi connectivity index (χ1n) is 6.81. The van der Waals surface area contributed by atoms with Crippen molar-refractivity contribution < 1.29 is 5.11 Å². The van der Waals surface area contributed by atoms with Crippen molar-refractivity contribution in [3.63, 3.8) is 0 Å². The second-order valence-electron chi connectivity index (χ2n) is 4.90. The zero-order chi connectivity index (χ0) is 14.7. The molecule has 0 amide bonds. The largest absolute Gasteiger partial charge is 0.505 e. The highest BCUT2D eigenvalue weighted by Crippen LogP contribution is 2.32. The van der Waals surface area contributed by atoms with Gasteiger partial charge >= 0.3 is 0 Å². The molecule has 0 saturated carbocycles. The van der Waals surface area contributed by atoms with Crippen LogP contribution in [-0.4, -0.2) is 10.1 Å². The fourth-order valence-electron chi connectivity index (χ4n) is 2.35. The summed E-state index contributed by atoms with van der Waals surface area (Å²) in [6.45, 7) is 0. The van der Waals surface area contributed by atoms with E-state index in [0.717, 1.165) is 16.7 Å². The monoisotopic (exact) mass is 276 g/mol. The molecule has 21 heavy (non-hydrogen) atoms. The van der Waals surface area contributed by atoms with Gasteiger partial charge < -0.3 is 10.8 Å². The van der Waals surface area contributed by atoms with Crippen molar-refractivity contribution in [2.24, 2.45) is 0 Å². The van der Waals surface area contributed by atoms with Crippen LogP contribution in [0.2, 0.25) is 0 Å². The molecule has 1 heterocycles. The molecule has 3 heteroatoms. The minimum absolute atomic E-state index is 0.215. The van der Waals surface area contributed by atoms with Crippen LogP contribution in [-0.2, 0) is 6.42 Å². The van der Waals surface area contributed by atoms with E-state index in [4.69, 9.17) is 5.73 Å². The fourth-order valence-corrected chi connectivity index (χ4v) is 2.35. The third-order valence-corrected chi connectivity index (χ3v) is 3.50. The average Bonchev–Trinajstić information content (AvgIpc) is 2.52. The molecule has 3 nitrogen and oxygen atoms in total. The van der Waals surface area contributed by atoms with E-state index in [1.165, 1.54) is 0 Å².